The summed E-state index contributed by atoms with van der Waals surface area (Å²) in [6, 6.07) is 18.8. The molecule has 7 heteroatoms. The maximum absolute atomic E-state index is 13.2. The summed E-state index contributed by atoms with van der Waals surface area (Å²) in [5.74, 6) is -1.05. The summed E-state index contributed by atoms with van der Waals surface area (Å²) in [6.45, 7) is 2.28. The van der Waals surface area contributed by atoms with Gasteiger partial charge < -0.3 is 19.7 Å². The number of aromatic hydroxyl groups is 1. The molecular weight excluding hydrogens is 422 g/mol. The molecule has 1 amide bonds. The predicted octanol–water partition coefficient (Wildman–Crippen LogP) is 4.43. The molecule has 0 aromatic heterocycles. The Kier molecular flexibility index (Phi) is 6.04. The van der Waals surface area contributed by atoms with Crippen molar-refractivity contribution < 1.29 is 29.3 Å². The number of para-hydroxylation sites is 2. The van der Waals surface area contributed by atoms with Crippen molar-refractivity contribution in [2.45, 2.75) is 13.0 Å². The third-order valence-corrected chi connectivity index (χ3v) is 5.44. The Morgan fingerprint density at radius 1 is 0.970 bits per heavy atom. The van der Waals surface area contributed by atoms with Crippen LogP contribution in [0.25, 0.3) is 5.76 Å². The van der Waals surface area contributed by atoms with Gasteiger partial charge in [0.1, 0.15) is 23.0 Å². The molecule has 1 aliphatic rings. The van der Waals surface area contributed by atoms with Crippen LogP contribution in [-0.4, -0.2) is 35.6 Å². The van der Waals surface area contributed by atoms with E-state index in [9.17, 15) is 19.8 Å². The molecule has 0 saturated carbocycles. The lowest BCUT2D eigenvalue weighted by Gasteiger charge is -2.26. The maximum atomic E-state index is 13.2. The zero-order valence-corrected chi connectivity index (χ0v) is 18.2. The van der Waals surface area contributed by atoms with E-state index in [1.54, 1.807) is 66.7 Å². The Morgan fingerprint density at radius 2 is 1.70 bits per heavy atom. The van der Waals surface area contributed by atoms with Crippen LogP contribution in [0.4, 0.5) is 5.69 Å². The highest BCUT2D eigenvalue weighted by Gasteiger charge is 2.47. The third kappa shape index (κ3) is 4.01. The van der Waals surface area contributed by atoms with E-state index in [-0.39, 0.29) is 22.8 Å². The highest BCUT2D eigenvalue weighted by Crippen LogP contribution is 2.45. The van der Waals surface area contributed by atoms with Gasteiger partial charge in [-0.15, -0.1) is 0 Å². The summed E-state index contributed by atoms with van der Waals surface area (Å²) in [7, 11) is 1.54. The largest absolute Gasteiger partial charge is 0.507 e. The molecule has 1 atom stereocenters. The molecule has 1 heterocycles. The number of anilines is 1. The van der Waals surface area contributed by atoms with Crippen molar-refractivity contribution >= 4 is 23.1 Å². The first-order chi connectivity index (χ1) is 16.0. The van der Waals surface area contributed by atoms with E-state index in [4.69, 9.17) is 9.47 Å². The van der Waals surface area contributed by atoms with E-state index in [0.29, 0.717) is 29.2 Å². The molecule has 3 aromatic carbocycles. The zero-order chi connectivity index (χ0) is 23.5. The molecule has 1 saturated heterocycles. The summed E-state index contributed by atoms with van der Waals surface area (Å²) in [5, 5.41) is 21.6. The SMILES string of the molecule is CCOc1cccc(/C(O)=C2\C(=O)C(=O)N(c3ccccc3O)C2c2ccc(OC)cc2)c1. The number of aliphatic hydroxyl groups is 1. The van der Waals surface area contributed by atoms with E-state index >= 15 is 0 Å². The number of rotatable bonds is 6. The fraction of sp³-hybridized carbons (Fsp3) is 0.154. The Balaban J connectivity index is 1.93. The topological polar surface area (TPSA) is 96.3 Å². The number of phenolic OH excluding ortho intramolecular Hbond substituents is 1. The van der Waals surface area contributed by atoms with Crippen LogP contribution >= 0.6 is 0 Å². The monoisotopic (exact) mass is 445 g/mol. The number of phenols is 1. The van der Waals surface area contributed by atoms with Gasteiger partial charge in [0.2, 0.25) is 0 Å². The maximum Gasteiger partial charge on any atom is 0.300 e. The second-order valence-electron chi connectivity index (χ2n) is 7.39. The fourth-order valence-electron chi connectivity index (χ4n) is 3.91. The van der Waals surface area contributed by atoms with Crippen LogP contribution in [0.5, 0.6) is 17.2 Å². The lowest BCUT2D eigenvalue weighted by Crippen LogP contribution is -2.29. The van der Waals surface area contributed by atoms with Gasteiger partial charge in [-0.1, -0.05) is 36.4 Å². The van der Waals surface area contributed by atoms with Crippen molar-refractivity contribution in [3.05, 3.63) is 89.5 Å². The van der Waals surface area contributed by atoms with Gasteiger partial charge in [0.15, 0.2) is 0 Å². The van der Waals surface area contributed by atoms with Crippen LogP contribution in [-0.2, 0) is 9.59 Å². The van der Waals surface area contributed by atoms with Crippen molar-refractivity contribution in [3.8, 4) is 17.2 Å². The summed E-state index contributed by atoms with van der Waals surface area (Å²) in [5.41, 5.74) is 1.00. The summed E-state index contributed by atoms with van der Waals surface area (Å²) in [4.78, 5) is 27.5. The molecule has 1 unspecified atom stereocenters. The molecule has 33 heavy (non-hydrogen) atoms. The third-order valence-electron chi connectivity index (χ3n) is 5.44. The average Bonchev–Trinajstić information content (AvgIpc) is 3.10. The molecule has 1 fully saturated rings. The van der Waals surface area contributed by atoms with E-state index in [1.165, 1.54) is 18.1 Å². The van der Waals surface area contributed by atoms with Crippen molar-refractivity contribution in [1.29, 1.82) is 0 Å². The summed E-state index contributed by atoms with van der Waals surface area (Å²) >= 11 is 0. The predicted molar refractivity (Wildman–Crippen MR) is 123 cm³/mol. The highest BCUT2D eigenvalue weighted by molar-refractivity contribution is 6.51. The Morgan fingerprint density at radius 3 is 2.36 bits per heavy atom. The van der Waals surface area contributed by atoms with Gasteiger partial charge >= 0.3 is 0 Å². The zero-order valence-electron chi connectivity index (χ0n) is 18.2. The molecule has 168 valence electrons. The van der Waals surface area contributed by atoms with Crippen molar-refractivity contribution in [2.24, 2.45) is 0 Å². The molecule has 0 spiro atoms. The molecule has 4 rings (SSSR count). The molecule has 2 N–H and O–H groups in total. The minimum atomic E-state index is -0.958. The number of methoxy groups -OCH3 is 1. The van der Waals surface area contributed by atoms with E-state index in [2.05, 4.69) is 0 Å². The number of ether oxygens (including phenoxy) is 2. The fourth-order valence-corrected chi connectivity index (χ4v) is 3.91. The Hall–Kier alpha value is -4.26. The number of hydrogen-bond donors (Lipinski definition) is 2. The number of Topliss-reactive ketones (excluding diaryl/α,β-unsaturated/α-hetero) is 1. The molecular formula is C26H23NO6. The van der Waals surface area contributed by atoms with Gasteiger partial charge in [0.25, 0.3) is 11.7 Å². The van der Waals surface area contributed by atoms with Crippen LogP contribution in [0.2, 0.25) is 0 Å². The average molecular weight is 445 g/mol. The Labute approximate surface area is 191 Å². The summed E-state index contributed by atoms with van der Waals surface area (Å²) in [6.07, 6.45) is 0. The standard InChI is InChI=1S/C26H23NO6/c1-3-33-19-8-6-7-17(15-19)24(29)22-23(16-11-13-18(32-2)14-12-16)27(26(31)25(22)30)20-9-4-5-10-21(20)28/h4-15,23,28-29H,3H2,1-2H3/b24-22+. The van der Waals surface area contributed by atoms with Gasteiger partial charge in [0.05, 0.1) is 31.0 Å². The van der Waals surface area contributed by atoms with Crippen LogP contribution in [0.15, 0.2) is 78.4 Å². The summed E-state index contributed by atoms with van der Waals surface area (Å²) < 4.78 is 10.7. The number of carbonyl (C=O) groups excluding carboxylic acids is 2. The molecule has 1 aliphatic heterocycles. The van der Waals surface area contributed by atoms with E-state index in [1.807, 2.05) is 6.92 Å². The number of amides is 1. The van der Waals surface area contributed by atoms with Gasteiger partial charge in [-0.05, 0) is 48.9 Å². The highest BCUT2D eigenvalue weighted by atomic mass is 16.5. The lowest BCUT2D eigenvalue weighted by atomic mass is 9.95. The minimum absolute atomic E-state index is 0.0814. The number of ketones is 1. The molecule has 3 aromatic rings. The second kappa shape index (κ2) is 9.08. The first-order valence-corrected chi connectivity index (χ1v) is 10.4. The Bertz CT molecular complexity index is 1230. The number of carbonyl (C=O) groups is 2. The van der Waals surface area contributed by atoms with Crippen LogP contribution in [0.1, 0.15) is 24.1 Å². The first-order valence-electron chi connectivity index (χ1n) is 10.4. The minimum Gasteiger partial charge on any atom is -0.507 e. The lowest BCUT2D eigenvalue weighted by molar-refractivity contribution is -0.132. The molecule has 7 nitrogen and oxygen atoms in total. The number of benzene rings is 3. The molecule has 0 aliphatic carbocycles. The van der Waals surface area contributed by atoms with Gasteiger partial charge in [-0.2, -0.15) is 0 Å². The molecule has 0 bridgehead atoms. The molecule has 0 radical (unpaired) electrons. The number of hydrogen-bond acceptors (Lipinski definition) is 6. The van der Waals surface area contributed by atoms with E-state index in [0.717, 1.165) is 0 Å². The van der Waals surface area contributed by atoms with Gasteiger partial charge in [-0.3, -0.25) is 14.5 Å². The second-order valence-corrected chi connectivity index (χ2v) is 7.39. The smallest absolute Gasteiger partial charge is 0.300 e. The van der Waals surface area contributed by atoms with Crippen molar-refractivity contribution in [3.63, 3.8) is 0 Å². The van der Waals surface area contributed by atoms with Gasteiger partial charge in [-0.25, -0.2) is 0 Å². The van der Waals surface area contributed by atoms with Crippen LogP contribution in [0, 0.1) is 0 Å². The van der Waals surface area contributed by atoms with E-state index < -0.39 is 17.7 Å². The van der Waals surface area contributed by atoms with Crippen LogP contribution in [0.3, 0.4) is 0 Å². The van der Waals surface area contributed by atoms with Crippen molar-refractivity contribution in [2.75, 3.05) is 18.6 Å². The van der Waals surface area contributed by atoms with Crippen molar-refractivity contribution in [1.82, 2.24) is 0 Å². The number of aliphatic hydroxyl groups excluding tert-OH is 1. The van der Waals surface area contributed by atoms with Crippen LogP contribution < -0.4 is 14.4 Å². The first kappa shape index (κ1) is 22.0. The number of nitrogens with zero attached hydrogens (tertiary/aromatic N) is 1. The quantitative estimate of drug-likeness (QED) is 0.331. The normalized spacial score (nSPS) is 17.3. The van der Waals surface area contributed by atoms with Gasteiger partial charge in [0, 0.05) is 5.56 Å².